The van der Waals surface area contributed by atoms with Crippen LogP contribution in [0.25, 0.3) is 0 Å². The van der Waals surface area contributed by atoms with Crippen molar-refractivity contribution in [3.8, 4) is 0 Å². The standard InChI is InChI=1S/C9H11BrFN.ClH/c1-9(2,12)6-3-7(10)5-8(11)4-6;/h3-5H,12H2,1-2H3;1H. The Kier molecular flexibility index (Phi) is 4.36. The summed E-state index contributed by atoms with van der Waals surface area (Å²) < 4.78 is 13.6. The molecule has 0 unspecified atom stereocenters. The molecule has 2 N–H and O–H groups in total. The second-order valence-corrected chi connectivity index (χ2v) is 4.30. The van der Waals surface area contributed by atoms with Gasteiger partial charge in [-0.2, -0.15) is 0 Å². The Hall–Kier alpha value is -0.120. The van der Waals surface area contributed by atoms with E-state index in [0.29, 0.717) is 0 Å². The van der Waals surface area contributed by atoms with Gasteiger partial charge in [-0.1, -0.05) is 15.9 Å². The van der Waals surface area contributed by atoms with Crippen LogP contribution in [0.2, 0.25) is 0 Å². The maximum Gasteiger partial charge on any atom is 0.124 e. The quantitative estimate of drug-likeness (QED) is 0.831. The molecule has 1 nitrogen and oxygen atoms in total. The summed E-state index contributed by atoms with van der Waals surface area (Å²) in [5, 5.41) is 0. The lowest BCUT2D eigenvalue weighted by molar-refractivity contribution is 0.543. The third-order valence-electron chi connectivity index (χ3n) is 1.61. The predicted octanol–water partition coefficient (Wildman–Crippen LogP) is 3.20. The van der Waals surface area contributed by atoms with Crippen LogP contribution >= 0.6 is 28.3 Å². The Morgan fingerprint density at radius 2 is 1.85 bits per heavy atom. The van der Waals surface area contributed by atoms with Crippen molar-refractivity contribution in [2.45, 2.75) is 19.4 Å². The van der Waals surface area contributed by atoms with Crippen LogP contribution < -0.4 is 5.73 Å². The Morgan fingerprint density at radius 3 is 2.23 bits per heavy atom. The summed E-state index contributed by atoms with van der Waals surface area (Å²) in [5.74, 6) is -0.266. The molecule has 0 radical (unpaired) electrons. The van der Waals surface area contributed by atoms with Gasteiger partial charge in [0.15, 0.2) is 0 Å². The van der Waals surface area contributed by atoms with Gasteiger partial charge in [0.1, 0.15) is 5.82 Å². The molecule has 0 atom stereocenters. The molecule has 1 aromatic carbocycles. The van der Waals surface area contributed by atoms with Gasteiger partial charge in [-0.15, -0.1) is 12.4 Å². The molecule has 0 amide bonds. The van der Waals surface area contributed by atoms with E-state index in [1.165, 1.54) is 12.1 Å². The van der Waals surface area contributed by atoms with Crippen LogP contribution in [0.1, 0.15) is 19.4 Å². The molecular formula is C9H12BrClFN. The van der Waals surface area contributed by atoms with E-state index >= 15 is 0 Å². The van der Waals surface area contributed by atoms with E-state index < -0.39 is 5.54 Å². The lowest BCUT2D eigenvalue weighted by Gasteiger charge is -2.19. The summed E-state index contributed by atoms with van der Waals surface area (Å²) in [7, 11) is 0. The number of benzene rings is 1. The second-order valence-electron chi connectivity index (χ2n) is 3.38. The number of hydrogen-bond donors (Lipinski definition) is 1. The molecular weight excluding hydrogens is 256 g/mol. The van der Waals surface area contributed by atoms with Crippen molar-refractivity contribution in [2.75, 3.05) is 0 Å². The van der Waals surface area contributed by atoms with Crippen LogP contribution in [0.4, 0.5) is 4.39 Å². The first kappa shape index (κ1) is 12.9. The molecule has 4 heteroatoms. The van der Waals surface area contributed by atoms with Crippen LogP contribution in [-0.4, -0.2) is 0 Å². The molecule has 1 aromatic rings. The van der Waals surface area contributed by atoms with Crippen molar-refractivity contribution in [2.24, 2.45) is 5.73 Å². The molecule has 0 spiro atoms. The van der Waals surface area contributed by atoms with Gasteiger partial charge in [0, 0.05) is 10.0 Å². The minimum atomic E-state index is -0.495. The first-order valence-electron chi connectivity index (χ1n) is 3.65. The lowest BCUT2D eigenvalue weighted by Crippen LogP contribution is -2.28. The van der Waals surface area contributed by atoms with Gasteiger partial charge in [-0.05, 0) is 37.6 Å². The first-order valence-corrected chi connectivity index (χ1v) is 4.44. The summed E-state index contributed by atoms with van der Waals surface area (Å²) in [5.41, 5.74) is 6.10. The van der Waals surface area contributed by atoms with Gasteiger partial charge in [0.05, 0.1) is 0 Å². The molecule has 0 aliphatic carbocycles. The topological polar surface area (TPSA) is 26.0 Å². The van der Waals surface area contributed by atoms with Gasteiger partial charge in [0.25, 0.3) is 0 Å². The van der Waals surface area contributed by atoms with E-state index in [0.717, 1.165) is 10.0 Å². The second kappa shape index (κ2) is 4.40. The summed E-state index contributed by atoms with van der Waals surface area (Å²) in [6.45, 7) is 3.68. The van der Waals surface area contributed by atoms with Crippen molar-refractivity contribution in [1.29, 1.82) is 0 Å². The van der Waals surface area contributed by atoms with Gasteiger partial charge in [0.2, 0.25) is 0 Å². The third-order valence-corrected chi connectivity index (χ3v) is 2.06. The van der Waals surface area contributed by atoms with Crippen molar-refractivity contribution < 1.29 is 4.39 Å². The van der Waals surface area contributed by atoms with E-state index in [9.17, 15) is 4.39 Å². The molecule has 0 bridgehead atoms. The fourth-order valence-electron chi connectivity index (χ4n) is 0.926. The van der Waals surface area contributed by atoms with Crippen LogP contribution in [0, 0.1) is 5.82 Å². The molecule has 74 valence electrons. The van der Waals surface area contributed by atoms with Gasteiger partial charge < -0.3 is 5.73 Å². The maximum atomic E-state index is 12.9. The highest BCUT2D eigenvalue weighted by Crippen LogP contribution is 2.22. The SMILES string of the molecule is CC(C)(N)c1cc(F)cc(Br)c1.Cl. The Balaban J connectivity index is 0.00000144. The highest BCUT2D eigenvalue weighted by molar-refractivity contribution is 9.10. The van der Waals surface area contributed by atoms with Gasteiger partial charge >= 0.3 is 0 Å². The summed E-state index contributed by atoms with van der Waals surface area (Å²) in [4.78, 5) is 0. The molecule has 1 rings (SSSR count). The van der Waals surface area contributed by atoms with E-state index in [-0.39, 0.29) is 18.2 Å². The van der Waals surface area contributed by atoms with Crippen LogP contribution in [0.15, 0.2) is 22.7 Å². The maximum absolute atomic E-state index is 12.9. The molecule has 0 fully saturated rings. The smallest absolute Gasteiger partial charge is 0.124 e. The summed E-state index contributed by atoms with van der Waals surface area (Å²) in [6, 6.07) is 4.68. The van der Waals surface area contributed by atoms with E-state index in [1.54, 1.807) is 0 Å². The zero-order chi connectivity index (χ0) is 9.35. The van der Waals surface area contributed by atoms with E-state index in [2.05, 4.69) is 15.9 Å². The molecule has 13 heavy (non-hydrogen) atoms. The highest BCUT2D eigenvalue weighted by atomic mass is 79.9. The molecule has 0 saturated carbocycles. The van der Waals surface area contributed by atoms with Crippen LogP contribution in [0.3, 0.4) is 0 Å². The highest BCUT2D eigenvalue weighted by Gasteiger charge is 2.15. The van der Waals surface area contributed by atoms with E-state index in [4.69, 9.17) is 5.73 Å². The average molecular weight is 269 g/mol. The predicted molar refractivity (Wildman–Crippen MR) is 58.6 cm³/mol. The zero-order valence-corrected chi connectivity index (χ0v) is 9.88. The monoisotopic (exact) mass is 267 g/mol. The number of hydrogen-bond acceptors (Lipinski definition) is 1. The molecule has 0 aliphatic rings. The minimum absolute atomic E-state index is 0. The largest absolute Gasteiger partial charge is 0.322 e. The lowest BCUT2D eigenvalue weighted by atomic mass is 9.96. The number of nitrogens with two attached hydrogens (primary N) is 1. The normalized spacial score (nSPS) is 10.8. The summed E-state index contributed by atoms with van der Waals surface area (Å²) >= 11 is 3.21. The fraction of sp³-hybridized carbons (Fsp3) is 0.333. The van der Waals surface area contributed by atoms with Gasteiger partial charge in [-0.25, -0.2) is 4.39 Å². The van der Waals surface area contributed by atoms with Crippen molar-refractivity contribution in [3.63, 3.8) is 0 Å². The zero-order valence-electron chi connectivity index (χ0n) is 7.47. The Labute approximate surface area is 92.1 Å². The van der Waals surface area contributed by atoms with Crippen LogP contribution in [0.5, 0.6) is 0 Å². The minimum Gasteiger partial charge on any atom is -0.322 e. The Bertz CT molecular complexity index is 276. The Morgan fingerprint density at radius 1 is 1.31 bits per heavy atom. The number of halogens is 3. The molecule has 0 heterocycles. The van der Waals surface area contributed by atoms with Crippen LogP contribution in [-0.2, 0) is 5.54 Å². The third kappa shape index (κ3) is 3.63. The van der Waals surface area contributed by atoms with Gasteiger partial charge in [-0.3, -0.25) is 0 Å². The van der Waals surface area contributed by atoms with Crippen molar-refractivity contribution in [1.82, 2.24) is 0 Å². The average Bonchev–Trinajstić information content (AvgIpc) is 1.82. The van der Waals surface area contributed by atoms with Crippen molar-refractivity contribution in [3.05, 3.63) is 34.1 Å². The molecule has 0 aliphatic heterocycles. The van der Waals surface area contributed by atoms with Crippen molar-refractivity contribution >= 4 is 28.3 Å². The number of rotatable bonds is 1. The summed E-state index contributed by atoms with van der Waals surface area (Å²) in [6.07, 6.45) is 0. The fourth-order valence-corrected chi connectivity index (χ4v) is 1.39. The first-order chi connectivity index (χ1) is 5.39. The molecule has 0 saturated heterocycles. The molecule has 0 aromatic heterocycles. The van der Waals surface area contributed by atoms with E-state index in [1.807, 2.05) is 19.9 Å².